The lowest BCUT2D eigenvalue weighted by Crippen LogP contribution is -1.88. The fourth-order valence-corrected chi connectivity index (χ4v) is 1.84. The number of aryl methyl sites for hydroxylation is 2. The molecule has 0 fully saturated rings. The maximum absolute atomic E-state index is 4.30. The predicted molar refractivity (Wildman–Crippen MR) is 62.1 cm³/mol. The van der Waals surface area contributed by atoms with Crippen LogP contribution in [0.5, 0.6) is 0 Å². The van der Waals surface area contributed by atoms with E-state index < -0.39 is 0 Å². The fourth-order valence-electron chi connectivity index (χ4n) is 1.84. The average Bonchev–Trinajstić information content (AvgIpc) is 2.86. The largest absolute Gasteiger partial charge is 0.304 e. The van der Waals surface area contributed by atoms with Gasteiger partial charge in [-0.15, -0.1) is 0 Å². The van der Waals surface area contributed by atoms with E-state index in [1.54, 1.807) is 4.68 Å². The number of fused-ring (bicyclic) bond motifs is 1. The molecule has 0 N–H and O–H groups in total. The van der Waals surface area contributed by atoms with Crippen molar-refractivity contribution in [2.24, 2.45) is 7.05 Å². The fraction of sp³-hybridized carbons (Fsp3) is 0.167. The smallest absolute Gasteiger partial charge is 0.136 e. The quantitative estimate of drug-likeness (QED) is 0.618. The zero-order valence-corrected chi connectivity index (χ0v) is 9.25. The van der Waals surface area contributed by atoms with Crippen molar-refractivity contribution in [1.29, 1.82) is 0 Å². The Balaban J connectivity index is 2.21. The summed E-state index contributed by atoms with van der Waals surface area (Å²) in [6, 6.07) is 4.09. The van der Waals surface area contributed by atoms with Gasteiger partial charge in [-0.1, -0.05) is 0 Å². The lowest BCUT2D eigenvalue weighted by atomic mass is 10.2. The van der Waals surface area contributed by atoms with Crippen molar-refractivity contribution in [3.63, 3.8) is 0 Å². The third-order valence-corrected chi connectivity index (χ3v) is 2.73. The molecule has 0 amide bonds. The molecular weight excluding hydrogens is 200 g/mol. The maximum atomic E-state index is 4.30. The van der Waals surface area contributed by atoms with Gasteiger partial charge in [0.15, 0.2) is 0 Å². The third-order valence-electron chi connectivity index (χ3n) is 2.73. The van der Waals surface area contributed by atoms with Crippen LogP contribution in [-0.4, -0.2) is 19.2 Å². The van der Waals surface area contributed by atoms with Crippen LogP contribution in [0.15, 0.2) is 36.9 Å². The third kappa shape index (κ3) is 1.31. The summed E-state index contributed by atoms with van der Waals surface area (Å²) >= 11 is 0. The van der Waals surface area contributed by atoms with Crippen molar-refractivity contribution in [3.8, 4) is 11.1 Å². The minimum atomic E-state index is 0.977. The first-order chi connectivity index (χ1) is 7.74. The van der Waals surface area contributed by atoms with Gasteiger partial charge < -0.3 is 4.40 Å². The molecule has 4 heteroatoms. The van der Waals surface area contributed by atoms with Crippen LogP contribution in [0.2, 0.25) is 0 Å². The van der Waals surface area contributed by atoms with E-state index in [1.165, 1.54) is 0 Å². The van der Waals surface area contributed by atoms with Crippen molar-refractivity contribution in [3.05, 3.63) is 42.6 Å². The minimum absolute atomic E-state index is 0.977. The molecule has 0 atom stereocenters. The van der Waals surface area contributed by atoms with Crippen LogP contribution in [-0.2, 0) is 7.05 Å². The molecule has 3 heterocycles. The summed E-state index contributed by atoms with van der Waals surface area (Å²) in [6.45, 7) is 2.05. The van der Waals surface area contributed by atoms with Gasteiger partial charge in [0.05, 0.1) is 6.20 Å². The van der Waals surface area contributed by atoms with Gasteiger partial charge in [-0.25, -0.2) is 4.98 Å². The van der Waals surface area contributed by atoms with Crippen molar-refractivity contribution in [2.45, 2.75) is 6.92 Å². The van der Waals surface area contributed by atoms with Gasteiger partial charge in [-0.2, -0.15) is 5.10 Å². The molecule has 3 rings (SSSR count). The normalized spacial score (nSPS) is 11.1. The highest BCUT2D eigenvalue weighted by Gasteiger charge is 2.03. The molecule has 80 valence electrons. The van der Waals surface area contributed by atoms with E-state index in [1.807, 2.05) is 38.6 Å². The van der Waals surface area contributed by atoms with Crippen LogP contribution in [0.4, 0.5) is 0 Å². The molecule has 0 unspecified atom stereocenters. The number of pyridine rings is 1. The molecule has 0 aliphatic rings. The van der Waals surface area contributed by atoms with Crippen LogP contribution < -0.4 is 0 Å². The predicted octanol–water partition coefficient (Wildman–Crippen LogP) is 2.04. The number of aromatic nitrogens is 4. The van der Waals surface area contributed by atoms with Crippen LogP contribution in [0, 0.1) is 6.92 Å². The highest BCUT2D eigenvalue weighted by Crippen LogP contribution is 2.19. The second-order valence-electron chi connectivity index (χ2n) is 3.95. The maximum Gasteiger partial charge on any atom is 0.136 e. The van der Waals surface area contributed by atoms with Gasteiger partial charge in [-0.3, -0.25) is 4.68 Å². The Morgan fingerprint density at radius 3 is 2.69 bits per heavy atom. The Labute approximate surface area is 93.2 Å². The summed E-state index contributed by atoms with van der Waals surface area (Å²) in [7, 11) is 1.92. The molecule has 3 aromatic heterocycles. The highest BCUT2D eigenvalue weighted by atomic mass is 15.2. The van der Waals surface area contributed by atoms with Crippen LogP contribution in [0.3, 0.4) is 0 Å². The topological polar surface area (TPSA) is 35.1 Å². The number of rotatable bonds is 1. The van der Waals surface area contributed by atoms with Crippen LogP contribution in [0.1, 0.15) is 5.69 Å². The van der Waals surface area contributed by atoms with E-state index in [-0.39, 0.29) is 0 Å². The Hall–Kier alpha value is -2.10. The first-order valence-corrected chi connectivity index (χ1v) is 5.17. The summed E-state index contributed by atoms with van der Waals surface area (Å²) in [5, 5.41) is 4.17. The number of imidazole rings is 1. The number of hydrogen-bond acceptors (Lipinski definition) is 2. The molecule has 0 aliphatic carbocycles. The highest BCUT2D eigenvalue weighted by molar-refractivity contribution is 5.63. The minimum Gasteiger partial charge on any atom is -0.304 e. The van der Waals surface area contributed by atoms with Crippen molar-refractivity contribution in [2.75, 3.05) is 0 Å². The summed E-state index contributed by atoms with van der Waals surface area (Å²) in [4.78, 5) is 4.30. The molecule has 0 saturated carbocycles. The van der Waals surface area contributed by atoms with Gasteiger partial charge in [0.1, 0.15) is 5.65 Å². The van der Waals surface area contributed by atoms with E-state index >= 15 is 0 Å². The summed E-state index contributed by atoms with van der Waals surface area (Å²) in [5.41, 5.74) is 4.39. The summed E-state index contributed by atoms with van der Waals surface area (Å²) in [6.07, 6.45) is 7.85. The molecule has 0 radical (unpaired) electrons. The molecule has 0 saturated heterocycles. The van der Waals surface area contributed by atoms with Crippen molar-refractivity contribution < 1.29 is 0 Å². The Morgan fingerprint density at radius 2 is 1.94 bits per heavy atom. The zero-order chi connectivity index (χ0) is 11.1. The summed E-state index contributed by atoms with van der Waals surface area (Å²) in [5.74, 6) is 0. The number of nitrogens with zero attached hydrogens (tertiary/aromatic N) is 4. The molecule has 0 spiro atoms. The van der Waals surface area contributed by atoms with E-state index in [0.29, 0.717) is 0 Å². The second-order valence-corrected chi connectivity index (χ2v) is 3.95. The van der Waals surface area contributed by atoms with E-state index in [4.69, 9.17) is 0 Å². The van der Waals surface area contributed by atoms with Gasteiger partial charge in [0.2, 0.25) is 0 Å². The van der Waals surface area contributed by atoms with E-state index in [2.05, 4.69) is 26.7 Å². The Bertz CT molecular complexity index is 648. The Morgan fingerprint density at radius 1 is 1.06 bits per heavy atom. The SMILES string of the molecule is Cc1cnc2ccc(-c3cnn(C)c3)cn12. The molecule has 16 heavy (non-hydrogen) atoms. The van der Waals surface area contributed by atoms with Gasteiger partial charge in [0.25, 0.3) is 0 Å². The molecular formula is C12H12N4. The molecule has 4 nitrogen and oxygen atoms in total. The molecule has 0 aliphatic heterocycles. The van der Waals surface area contributed by atoms with Gasteiger partial charge in [0, 0.05) is 42.5 Å². The molecule has 0 bridgehead atoms. The first-order valence-electron chi connectivity index (χ1n) is 5.17. The monoisotopic (exact) mass is 212 g/mol. The Kier molecular flexibility index (Phi) is 1.83. The average molecular weight is 212 g/mol. The van der Waals surface area contributed by atoms with Crippen molar-refractivity contribution in [1.82, 2.24) is 19.2 Å². The van der Waals surface area contributed by atoms with Crippen LogP contribution in [0.25, 0.3) is 16.8 Å². The lowest BCUT2D eigenvalue weighted by molar-refractivity contribution is 0.768. The zero-order valence-electron chi connectivity index (χ0n) is 9.25. The number of hydrogen-bond donors (Lipinski definition) is 0. The lowest BCUT2D eigenvalue weighted by Gasteiger charge is -2.00. The van der Waals surface area contributed by atoms with E-state index in [9.17, 15) is 0 Å². The molecule has 0 aromatic carbocycles. The van der Waals surface area contributed by atoms with Crippen molar-refractivity contribution >= 4 is 5.65 Å². The summed E-state index contributed by atoms with van der Waals surface area (Å²) < 4.78 is 3.89. The van der Waals surface area contributed by atoms with E-state index in [0.717, 1.165) is 22.5 Å². The second kappa shape index (κ2) is 3.20. The van der Waals surface area contributed by atoms with Gasteiger partial charge in [-0.05, 0) is 19.1 Å². The first kappa shape index (κ1) is 9.15. The van der Waals surface area contributed by atoms with Crippen LogP contribution >= 0.6 is 0 Å². The molecule has 3 aromatic rings. The standard InChI is InChI=1S/C12H12N4/c1-9-5-13-12-4-3-10(8-16(9)12)11-6-14-15(2)7-11/h3-8H,1-2H3. The van der Waals surface area contributed by atoms with Gasteiger partial charge >= 0.3 is 0 Å².